The van der Waals surface area contributed by atoms with Crippen LogP contribution in [0.2, 0.25) is 0 Å². The summed E-state index contributed by atoms with van der Waals surface area (Å²) in [6, 6.07) is -1.45. The number of carboxylic acids is 1. The van der Waals surface area contributed by atoms with E-state index in [1.165, 1.54) is 13.8 Å². The van der Waals surface area contributed by atoms with Gasteiger partial charge in [-0.05, 0) is 108 Å². The van der Waals surface area contributed by atoms with Gasteiger partial charge in [-0.2, -0.15) is 0 Å². The molecule has 0 aliphatic carbocycles. The molecule has 14 atom stereocenters. The molecule has 14 unspecified atom stereocenters. The summed E-state index contributed by atoms with van der Waals surface area (Å²) >= 11 is 0. The van der Waals surface area contributed by atoms with Crippen LogP contribution in [-0.2, 0) is 83.1 Å². The molecule has 1 aromatic carbocycles. The first-order chi connectivity index (χ1) is 51.4. The van der Waals surface area contributed by atoms with Crippen LogP contribution in [0.3, 0.4) is 0 Å². The summed E-state index contributed by atoms with van der Waals surface area (Å²) in [5.41, 5.74) is 28.0. The molecule has 1 saturated heterocycles. The number of rotatable bonds is 56. The number of aliphatic hydroxyl groups is 4. The summed E-state index contributed by atoms with van der Waals surface area (Å²) in [7, 11) is 0. The lowest BCUT2D eigenvalue weighted by Gasteiger charge is -2.31. The number of hydrogen-bond donors (Lipinski definition) is 17. The molecule has 1 aliphatic rings. The summed E-state index contributed by atoms with van der Waals surface area (Å²) in [6.45, 7) is 8.28. The van der Waals surface area contributed by atoms with Crippen LogP contribution in [0.4, 0.5) is 0 Å². The average Bonchev–Trinajstić information content (AvgIpc) is 1.74. The minimum absolute atomic E-state index is 0.00439. The fourth-order valence-corrected chi connectivity index (χ4v) is 12.4. The molecule has 109 heavy (non-hydrogen) atoms. The Hall–Kier alpha value is -9.52. The number of unbranched alkanes of at least 4 members (excludes halogenated alkanes) is 1. The molecule has 610 valence electrons. The van der Waals surface area contributed by atoms with Crippen LogP contribution < -0.4 is 65.9 Å². The third-order valence-corrected chi connectivity index (χ3v) is 18.3. The first kappa shape index (κ1) is 95.6. The lowest BCUT2D eigenvalue weighted by Crippen LogP contribution is -2.59. The number of nitrogens with two attached hydrogens (primary N) is 5. The molecule has 0 radical (unpaired) electrons. The second-order valence-electron chi connectivity index (χ2n) is 28.6. The van der Waals surface area contributed by atoms with Gasteiger partial charge >= 0.3 is 5.97 Å². The number of nitrogens with zero attached hydrogens (tertiary/aromatic N) is 3. The van der Waals surface area contributed by atoms with Gasteiger partial charge < -0.3 is 101 Å². The number of likely N-dealkylation sites (tertiary alicyclic amines) is 1. The highest BCUT2D eigenvalue weighted by atomic mass is 16.4. The SMILES string of the molecule is CC(=O)NC(CC(C)C)C(=O)CC(C=O)C(=O)NC(C(=O)N1CCCC1C(=O)NC(CO)C(=O)CC(CCCN=C(N)N)C(=O)NCC(=O)CC(CO)C(=O)NC(CC(C)C)C(=O)CC(Cc1ccccc1)C(=O)NC(C(=O)CCC(=O)NC(CCCN=C(N)N)C(=O)CC(CCCCN)C(=O)O)C(C)O)C(C)O. The zero-order chi connectivity index (χ0) is 82.2. The largest absolute Gasteiger partial charge is 0.481 e. The predicted octanol–water partition coefficient (Wildman–Crippen LogP) is -3.15. The van der Waals surface area contributed by atoms with E-state index in [1.807, 2.05) is 0 Å². The second kappa shape index (κ2) is 50.2. The fourth-order valence-electron chi connectivity index (χ4n) is 12.4. The lowest BCUT2D eigenvalue weighted by molar-refractivity contribution is -0.145. The van der Waals surface area contributed by atoms with Crippen molar-refractivity contribution in [3.05, 3.63) is 35.9 Å². The maximum atomic E-state index is 14.5. The molecule has 36 nitrogen and oxygen atoms in total. The van der Waals surface area contributed by atoms with Gasteiger partial charge in [0.05, 0.1) is 61.9 Å². The number of hydrogen-bond acceptors (Lipinski definition) is 23. The summed E-state index contributed by atoms with van der Waals surface area (Å²) < 4.78 is 0. The standard InChI is InChI=1S/C73H117N15O21/c1-40(2)28-53(82-44(7)94)60(99)35-50(38-90)68(105)87-64(43(6)93)70(107)88-27-15-21-56(88)69(106)85-55(39-91)61(100)32-46(19-13-25-79-72(75)76)65(102)81-36-51(95)31-49(37-89)67(104)84-54(29-41(3)4)59(98)34-48(30-45-16-9-8-10-17-45)66(103)86-63(42(5)92)57(96)22-23-62(101)83-52(20-14-26-80-73(77)78)58(97)33-47(71(108)109)18-11-12-24-74/h8-10,16-17,38,40-43,46-50,52-56,63-64,89,91-93H,11-15,18-37,39,74H2,1-7H3,(H,81,102)(H,82,94)(H,83,101)(H,84,104)(H,85,106)(H,86,103)(H,87,105)(H,108,109)(H4,75,76,79)(H4,77,78,80). The van der Waals surface area contributed by atoms with E-state index in [2.05, 4.69) is 47.2 Å². The highest BCUT2D eigenvalue weighted by molar-refractivity contribution is 6.02. The summed E-state index contributed by atoms with van der Waals surface area (Å²) in [5, 5.41) is 69.8. The molecule has 8 amide bonds. The first-order valence-corrected chi connectivity index (χ1v) is 37.0. The molecule has 0 bridgehead atoms. The molecule has 0 spiro atoms. The van der Waals surface area contributed by atoms with Crippen LogP contribution in [0.25, 0.3) is 0 Å². The van der Waals surface area contributed by atoms with Gasteiger partial charge in [-0.15, -0.1) is 0 Å². The number of Topliss-reactive ketones (excluding diaryl/α,β-unsaturated/α-hetero) is 6. The zero-order valence-corrected chi connectivity index (χ0v) is 63.6. The fraction of sp³-hybridized carbons (Fsp3) is 0.671. The Morgan fingerprint density at radius 1 is 0.560 bits per heavy atom. The number of guanidine groups is 2. The van der Waals surface area contributed by atoms with Gasteiger partial charge in [0.15, 0.2) is 46.6 Å². The van der Waals surface area contributed by atoms with E-state index < -0.39 is 237 Å². The summed E-state index contributed by atoms with van der Waals surface area (Å²) in [4.78, 5) is 225. The number of carbonyl (C=O) groups excluding carboxylic acids is 15. The number of carboxylic acid groups (broad SMARTS) is 1. The van der Waals surface area contributed by atoms with E-state index in [-0.39, 0.29) is 114 Å². The number of ketones is 6. The molecular weight excluding hydrogens is 1420 g/mol. The number of carbonyl (C=O) groups is 16. The van der Waals surface area contributed by atoms with Gasteiger partial charge in [0.2, 0.25) is 47.3 Å². The number of aliphatic imine (C=N–C) groups is 2. The van der Waals surface area contributed by atoms with Gasteiger partial charge in [-0.25, -0.2) is 0 Å². The number of benzene rings is 1. The maximum absolute atomic E-state index is 14.5. The second-order valence-corrected chi connectivity index (χ2v) is 28.6. The average molecular weight is 1540 g/mol. The van der Waals surface area contributed by atoms with Crippen molar-refractivity contribution < 1.29 is 102 Å². The Kier molecular flexibility index (Phi) is 44.0. The maximum Gasteiger partial charge on any atom is 0.306 e. The van der Waals surface area contributed by atoms with Crippen LogP contribution in [0.15, 0.2) is 40.3 Å². The number of aliphatic hydroxyl groups excluding tert-OH is 4. The van der Waals surface area contributed by atoms with Crippen molar-refractivity contribution in [3.8, 4) is 0 Å². The summed E-state index contributed by atoms with van der Waals surface area (Å²) in [6.07, 6.45) is -5.32. The van der Waals surface area contributed by atoms with E-state index >= 15 is 0 Å². The first-order valence-electron chi connectivity index (χ1n) is 37.0. The third kappa shape index (κ3) is 36.0. The minimum Gasteiger partial charge on any atom is -0.481 e. The molecule has 36 heteroatoms. The monoisotopic (exact) mass is 1540 g/mol. The molecule has 0 aromatic heterocycles. The van der Waals surface area contributed by atoms with Crippen molar-refractivity contribution in [2.75, 3.05) is 45.9 Å². The van der Waals surface area contributed by atoms with Crippen LogP contribution >= 0.6 is 0 Å². The van der Waals surface area contributed by atoms with Crippen LogP contribution in [0.1, 0.15) is 170 Å². The van der Waals surface area contributed by atoms with Gasteiger partial charge in [-0.3, -0.25) is 81.9 Å². The Morgan fingerprint density at radius 3 is 1.63 bits per heavy atom. The predicted molar refractivity (Wildman–Crippen MR) is 398 cm³/mol. The lowest BCUT2D eigenvalue weighted by atomic mass is 9.88. The number of aldehydes is 1. The quantitative estimate of drug-likeness (QED) is 0.0101. The topological polar surface area (TPSA) is 617 Å². The van der Waals surface area contributed by atoms with Gasteiger partial charge in [0.1, 0.15) is 36.4 Å². The Bertz CT molecular complexity index is 3290. The molecule has 0 saturated carbocycles. The Morgan fingerprint density at radius 2 is 1.09 bits per heavy atom. The van der Waals surface area contributed by atoms with E-state index in [9.17, 15) is 102 Å². The summed E-state index contributed by atoms with van der Waals surface area (Å²) in [5.74, 6) is -20.1. The molecule has 1 aromatic rings. The smallest absolute Gasteiger partial charge is 0.306 e. The van der Waals surface area contributed by atoms with Crippen molar-refractivity contribution in [2.45, 2.75) is 225 Å². The highest BCUT2D eigenvalue weighted by Gasteiger charge is 2.42. The van der Waals surface area contributed by atoms with Gasteiger partial charge in [0.25, 0.3) is 0 Å². The Labute approximate surface area is 635 Å². The normalized spacial score (nSPS) is 16.2. The molecule has 1 aliphatic heterocycles. The van der Waals surface area contributed by atoms with Crippen molar-refractivity contribution >= 4 is 106 Å². The van der Waals surface area contributed by atoms with Crippen molar-refractivity contribution in [2.24, 2.45) is 80.1 Å². The van der Waals surface area contributed by atoms with Crippen LogP contribution in [-0.4, -0.2) is 237 Å². The third-order valence-electron chi connectivity index (χ3n) is 18.3. The van der Waals surface area contributed by atoms with E-state index in [4.69, 9.17) is 28.7 Å². The highest BCUT2D eigenvalue weighted by Crippen LogP contribution is 2.24. The van der Waals surface area contributed by atoms with E-state index in [0.29, 0.717) is 24.9 Å². The molecule has 1 heterocycles. The zero-order valence-electron chi connectivity index (χ0n) is 63.6. The van der Waals surface area contributed by atoms with Crippen LogP contribution in [0, 0.1) is 41.4 Å². The van der Waals surface area contributed by atoms with Crippen molar-refractivity contribution in [3.63, 3.8) is 0 Å². The van der Waals surface area contributed by atoms with Gasteiger partial charge in [-0.1, -0.05) is 64.4 Å². The van der Waals surface area contributed by atoms with Crippen LogP contribution in [0.5, 0.6) is 0 Å². The van der Waals surface area contributed by atoms with E-state index in [1.54, 1.807) is 58.0 Å². The van der Waals surface area contributed by atoms with Gasteiger partial charge in [0, 0.05) is 83.3 Å². The van der Waals surface area contributed by atoms with Crippen molar-refractivity contribution in [1.82, 2.24) is 42.1 Å². The van der Waals surface area contributed by atoms with Crippen molar-refractivity contribution in [1.29, 1.82) is 0 Å². The number of amides is 8. The molecular formula is C73H117N15O21. The molecule has 1 fully saturated rings. The number of aliphatic carboxylic acids is 1. The van der Waals surface area contributed by atoms with E-state index in [0.717, 1.165) is 11.8 Å². The number of nitrogens with one attached hydrogen (secondary N) is 7. The minimum atomic E-state index is -1.74. The molecule has 22 N–H and O–H groups in total. The Balaban J connectivity index is 2.29. The molecule has 2 rings (SSSR count).